The lowest BCUT2D eigenvalue weighted by atomic mass is 9.68. The highest BCUT2D eigenvalue weighted by Gasteiger charge is 2.44. The van der Waals surface area contributed by atoms with E-state index in [0.29, 0.717) is 42.2 Å². The Balaban J connectivity index is 1.89. The molecule has 1 heterocycles. The molecule has 2 aliphatic rings. The van der Waals surface area contributed by atoms with Gasteiger partial charge in [-0.2, -0.15) is 5.26 Å². The lowest BCUT2D eigenvalue weighted by Crippen LogP contribution is -2.42. The van der Waals surface area contributed by atoms with Gasteiger partial charge >= 0.3 is 0 Å². The minimum Gasteiger partial charge on any atom is -0.490 e. The largest absolute Gasteiger partial charge is 0.490 e. The maximum absolute atomic E-state index is 13.5. The first kappa shape index (κ1) is 21.5. The number of nitrogens with two attached hydrogens (primary N) is 1. The van der Waals surface area contributed by atoms with E-state index in [1.807, 2.05) is 59.5 Å². The number of hydrogen-bond donors (Lipinski definition) is 1. The second-order valence-corrected chi connectivity index (χ2v) is 8.98. The zero-order valence-corrected chi connectivity index (χ0v) is 18.5. The second kappa shape index (κ2) is 8.39. The molecule has 1 aliphatic heterocycles. The Labute approximate surface area is 189 Å². The summed E-state index contributed by atoms with van der Waals surface area (Å²) < 4.78 is 5.59. The van der Waals surface area contributed by atoms with Gasteiger partial charge in [-0.1, -0.05) is 56.8 Å². The second-order valence-electron chi connectivity index (χ2n) is 8.98. The zero-order chi connectivity index (χ0) is 22.9. The zero-order valence-electron chi connectivity index (χ0n) is 18.5. The Hall–Kier alpha value is -3.78. The molecule has 0 spiro atoms. The van der Waals surface area contributed by atoms with Gasteiger partial charge in [0.05, 0.1) is 17.6 Å². The number of rotatable bonds is 5. The fourth-order valence-corrected chi connectivity index (χ4v) is 4.63. The number of carbonyl (C=O) groups excluding carboxylic acids is 1. The third-order valence-electron chi connectivity index (χ3n) is 5.98. The standard InChI is InChI=1S/C27H27N3O2/c1-4-14-32-20-12-10-18(11-13-20)24-21(17-28)26(29)30(19-8-6-5-7-9-19)22-15-27(2,3)16-23(31)25(22)24/h4-13,24H,1,14-16,29H2,2-3H3. The Kier molecular flexibility index (Phi) is 5.63. The van der Waals surface area contributed by atoms with E-state index in [1.165, 1.54) is 0 Å². The first-order chi connectivity index (χ1) is 15.4. The van der Waals surface area contributed by atoms with Gasteiger partial charge in [-0.25, -0.2) is 0 Å². The van der Waals surface area contributed by atoms with Crippen LogP contribution in [-0.2, 0) is 4.79 Å². The molecule has 2 aromatic carbocycles. The molecule has 162 valence electrons. The Bertz CT molecular complexity index is 1150. The van der Waals surface area contributed by atoms with Crippen LogP contribution in [-0.4, -0.2) is 12.4 Å². The molecule has 32 heavy (non-hydrogen) atoms. The fourth-order valence-electron chi connectivity index (χ4n) is 4.63. The first-order valence-electron chi connectivity index (χ1n) is 10.7. The summed E-state index contributed by atoms with van der Waals surface area (Å²) in [4.78, 5) is 15.4. The van der Waals surface area contributed by atoms with E-state index in [1.54, 1.807) is 6.08 Å². The lowest BCUT2D eigenvalue weighted by Gasteiger charge is -2.43. The van der Waals surface area contributed by atoms with Crippen LogP contribution in [0.15, 0.2) is 89.9 Å². The quantitative estimate of drug-likeness (QED) is 0.667. The average molecular weight is 426 g/mol. The highest BCUT2D eigenvalue weighted by Crippen LogP contribution is 2.50. The summed E-state index contributed by atoms with van der Waals surface area (Å²) in [5.74, 6) is 0.650. The van der Waals surface area contributed by atoms with Gasteiger partial charge in [0.1, 0.15) is 18.2 Å². The molecule has 1 aliphatic carbocycles. The van der Waals surface area contributed by atoms with Gasteiger partial charge in [0.2, 0.25) is 0 Å². The van der Waals surface area contributed by atoms with Crippen LogP contribution in [0, 0.1) is 16.7 Å². The predicted molar refractivity (Wildman–Crippen MR) is 126 cm³/mol. The number of carbonyl (C=O) groups is 1. The van der Waals surface area contributed by atoms with Gasteiger partial charge in [0, 0.05) is 23.4 Å². The number of Topliss-reactive ketones (excluding diaryl/α,β-unsaturated/α-hetero) is 1. The Morgan fingerprint density at radius 2 is 1.88 bits per heavy atom. The molecule has 1 atom stereocenters. The van der Waals surface area contributed by atoms with Crippen molar-refractivity contribution in [2.24, 2.45) is 11.1 Å². The molecule has 2 N–H and O–H groups in total. The summed E-state index contributed by atoms with van der Waals surface area (Å²) in [6.07, 6.45) is 2.81. The number of benzene rings is 2. The van der Waals surface area contributed by atoms with Crippen molar-refractivity contribution in [1.29, 1.82) is 5.26 Å². The number of hydrogen-bond acceptors (Lipinski definition) is 5. The predicted octanol–water partition coefficient (Wildman–Crippen LogP) is 5.19. The molecular formula is C27H27N3O2. The van der Waals surface area contributed by atoms with Gasteiger partial charge in [-0.3, -0.25) is 9.69 Å². The van der Waals surface area contributed by atoms with E-state index in [0.717, 1.165) is 16.9 Å². The number of allylic oxidation sites excluding steroid dienone is 3. The summed E-state index contributed by atoms with van der Waals surface area (Å²) in [5.41, 5.74) is 10.1. The van der Waals surface area contributed by atoms with Crippen LogP contribution < -0.4 is 15.4 Å². The number of ether oxygens (including phenoxy) is 1. The van der Waals surface area contributed by atoms with Gasteiger partial charge < -0.3 is 10.5 Å². The normalized spacial score (nSPS) is 20.0. The first-order valence-corrected chi connectivity index (χ1v) is 10.7. The van der Waals surface area contributed by atoms with Crippen LogP contribution in [0.25, 0.3) is 0 Å². The molecule has 0 saturated heterocycles. The topological polar surface area (TPSA) is 79.3 Å². The summed E-state index contributed by atoms with van der Waals surface area (Å²) in [6.45, 7) is 8.27. The molecule has 1 unspecified atom stereocenters. The van der Waals surface area contributed by atoms with E-state index in [9.17, 15) is 10.1 Å². The molecule has 0 radical (unpaired) electrons. The van der Waals surface area contributed by atoms with Crippen LogP contribution in [0.5, 0.6) is 5.75 Å². The summed E-state index contributed by atoms with van der Waals surface area (Å²) in [7, 11) is 0. The van der Waals surface area contributed by atoms with Crippen LogP contribution in [0.3, 0.4) is 0 Å². The van der Waals surface area contributed by atoms with Crippen molar-refractivity contribution < 1.29 is 9.53 Å². The van der Waals surface area contributed by atoms with Crippen LogP contribution in [0.4, 0.5) is 5.69 Å². The van der Waals surface area contributed by atoms with Crippen LogP contribution in [0.2, 0.25) is 0 Å². The molecule has 0 amide bonds. The minimum atomic E-state index is -0.494. The highest BCUT2D eigenvalue weighted by molar-refractivity contribution is 6.01. The third-order valence-corrected chi connectivity index (χ3v) is 5.98. The van der Waals surface area contributed by atoms with Gasteiger partial charge in [-0.05, 0) is 41.7 Å². The molecule has 2 aromatic rings. The van der Waals surface area contributed by atoms with E-state index >= 15 is 0 Å². The minimum absolute atomic E-state index is 0.0643. The van der Waals surface area contributed by atoms with Gasteiger partial charge in [-0.15, -0.1) is 0 Å². The Morgan fingerprint density at radius 3 is 2.50 bits per heavy atom. The van der Waals surface area contributed by atoms with E-state index in [4.69, 9.17) is 10.5 Å². The van der Waals surface area contributed by atoms with Crippen LogP contribution in [0.1, 0.15) is 38.2 Å². The van der Waals surface area contributed by atoms with E-state index in [-0.39, 0.29) is 11.2 Å². The summed E-state index contributed by atoms with van der Waals surface area (Å²) in [6, 6.07) is 19.5. The Morgan fingerprint density at radius 1 is 1.19 bits per heavy atom. The number of para-hydroxylation sites is 1. The highest BCUT2D eigenvalue weighted by atomic mass is 16.5. The van der Waals surface area contributed by atoms with Crippen molar-refractivity contribution in [2.75, 3.05) is 11.5 Å². The number of nitriles is 1. The molecule has 0 bridgehead atoms. The molecular weight excluding hydrogens is 398 g/mol. The maximum Gasteiger partial charge on any atom is 0.162 e. The van der Waals surface area contributed by atoms with Crippen molar-refractivity contribution >= 4 is 11.5 Å². The number of ketones is 1. The average Bonchev–Trinajstić information content (AvgIpc) is 2.77. The summed E-state index contributed by atoms with van der Waals surface area (Å²) >= 11 is 0. The SMILES string of the molecule is C=CCOc1ccc(C2C(C#N)=C(N)N(c3ccccc3)C3=C2C(=O)CC(C)(C)C3)cc1. The van der Waals surface area contributed by atoms with Crippen molar-refractivity contribution in [1.82, 2.24) is 0 Å². The molecule has 0 aromatic heterocycles. The number of nitrogens with zero attached hydrogens (tertiary/aromatic N) is 2. The molecule has 4 rings (SSSR count). The molecule has 0 fully saturated rings. The smallest absolute Gasteiger partial charge is 0.162 e. The van der Waals surface area contributed by atoms with Gasteiger partial charge in [0.25, 0.3) is 0 Å². The van der Waals surface area contributed by atoms with Gasteiger partial charge in [0.15, 0.2) is 5.78 Å². The molecule has 5 nitrogen and oxygen atoms in total. The van der Waals surface area contributed by atoms with Crippen LogP contribution >= 0.6 is 0 Å². The summed E-state index contributed by atoms with van der Waals surface area (Å²) in [5, 5.41) is 10.1. The fraction of sp³-hybridized carbons (Fsp3) is 0.259. The van der Waals surface area contributed by atoms with E-state index < -0.39 is 5.92 Å². The number of anilines is 1. The van der Waals surface area contributed by atoms with E-state index in [2.05, 4.69) is 26.5 Å². The van der Waals surface area contributed by atoms with Crippen molar-refractivity contribution in [3.63, 3.8) is 0 Å². The van der Waals surface area contributed by atoms with Crippen molar-refractivity contribution in [3.8, 4) is 11.8 Å². The molecule has 5 heteroatoms. The molecule has 0 saturated carbocycles. The van der Waals surface area contributed by atoms with Crippen molar-refractivity contribution in [2.45, 2.75) is 32.6 Å². The monoisotopic (exact) mass is 425 g/mol. The lowest BCUT2D eigenvalue weighted by molar-refractivity contribution is -0.118. The maximum atomic E-state index is 13.5. The van der Waals surface area contributed by atoms with Crippen molar-refractivity contribution in [3.05, 3.63) is 95.5 Å². The third kappa shape index (κ3) is 3.80.